The summed E-state index contributed by atoms with van der Waals surface area (Å²) < 4.78 is 0. The molecule has 0 heterocycles. The van der Waals surface area contributed by atoms with E-state index in [1.54, 1.807) is 0 Å². The zero-order valence-electron chi connectivity index (χ0n) is 12.1. The number of hydrogen-bond acceptors (Lipinski definition) is 2. The van der Waals surface area contributed by atoms with Gasteiger partial charge in [-0.15, -0.1) is 0 Å². The Morgan fingerprint density at radius 1 is 1.17 bits per heavy atom. The van der Waals surface area contributed by atoms with Crippen molar-refractivity contribution in [2.45, 2.75) is 32.7 Å². The van der Waals surface area contributed by atoms with Crippen molar-refractivity contribution in [3.63, 3.8) is 0 Å². The lowest BCUT2D eigenvalue weighted by atomic mass is 10.0. The van der Waals surface area contributed by atoms with Gasteiger partial charge in [0.05, 0.1) is 0 Å². The second kappa shape index (κ2) is 5.75. The molecule has 2 unspecified atom stereocenters. The van der Waals surface area contributed by atoms with Gasteiger partial charge in [0.15, 0.2) is 0 Å². The lowest BCUT2D eigenvalue weighted by molar-refractivity contribution is 0.432. The molecular weight excluding hydrogens is 220 g/mol. The maximum absolute atomic E-state index is 3.66. The molecule has 18 heavy (non-hydrogen) atoms. The highest BCUT2D eigenvalue weighted by Crippen LogP contribution is 2.36. The van der Waals surface area contributed by atoms with E-state index < -0.39 is 0 Å². The maximum Gasteiger partial charge on any atom is 0.0361 e. The van der Waals surface area contributed by atoms with Crippen LogP contribution in [0.2, 0.25) is 0 Å². The number of benzene rings is 1. The molecule has 1 saturated carbocycles. The van der Waals surface area contributed by atoms with Crippen molar-refractivity contribution in [1.29, 1.82) is 0 Å². The predicted molar refractivity (Wildman–Crippen MR) is 79.1 cm³/mol. The van der Waals surface area contributed by atoms with Crippen LogP contribution in [0.1, 0.15) is 38.3 Å². The van der Waals surface area contributed by atoms with Crippen molar-refractivity contribution in [3.05, 3.63) is 29.8 Å². The van der Waals surface area contributed by atoms with Gasteiger partial charge in [0, 0.05) is 25.8 Å². The highest BCUT2D eigenvalue weighted by atomic mass is 15.1. The molecule has 0 amide bonds. The second-order valence-corrected chi connectivity index (χ2v) is 5.93. The monoisotopic (exact) mass is 246 g/mol. The minimum atomic E-state index is 0.447. The van der Waals surface area contributed by atoms with E-state index in [2.05, 4.69) is 62.4 Å². The van der Waals surface area contributed by atoms with Crippen LogP contribution in [-0.4, -0.2) is 20.6 Å². The summed E-state index contributed by atoms with van der Waals surface area (Å²) in [6.07, 6.45) is 2.88. The lowest BCUT2D eigenvalue weighted by Gasteiger charge is -2.19. The average molecular weight is 246 g/mol. The van der Waals surface area contributed by atoms with Crippen LogP contribution in [-0.2, 0) is 0 Å². The van der Waals surface area contributed by atoms with Gasteiger partial charge in [0.25, 0.3) is 0 Å². The van der Waals surface area contributed by atoms with Gasteiger partial charge in [-0.05, 0) is 55.8 Å². The first-order chi connectivity index (χ1) is 8.58. The highest BCUT2D eigenvalue weighted by Gasteiger charge is 2.27. The molecule has 0 aliphatic heterocycles. The molecule has 0 spiro atoms. The third-order valence-corrected chi connectivity index (χ3v) is 4.08. The predicted octanol–water partition coefficient (Wildman–Crippen LogP) is 3.45. The first-order valence-corrected chi connectivity index (χ1v) is 7.08. The van der Waals surface area contributed by atoms with Crippen molar-refractivity contribution in [1.82, 2.24) is 5.32 Å². The van der Waals surface area contributed by atoms with Crippen LogP contribution in [0.15, 0.2) is 24.3 Å². The first kappa shape index (κ1) is 13.4. The molecule has 0 bridgehead atoms. The average Bonchev–Trinajstić information content (AvgIpc) is 3.20. The standard InChI is InChI=1S/C16H26N2/c1-12(14-5-6-14)11-17-13(2)15-7-9-16(10-8-15)18(3)4/h7-10,12-14,17H,5-6,11H2,1-4H3. The minimum Gasteiger partial charge on any atom is -0.378 e. The van der Waals surface area contributed by atoms with E-state index in [-0.39, 0.29) is 0 Å². The molecule has 2 atom stereocenters. The summed E-state index contributed by atoms with van der Waals surface area (Å²) in [6, 6.07) is 9.29. The molecule has 1 aromatic rings. The third kappa shape index (κ3) is 3.49. The number of rotatable bonds is 6. The van der Waals surface area contributed by atoms with Gasteiger partial charge in [0.1, 0.15) is 0 Å². The van der Waals surface area contributed by atoms with Gasteiger partial charge in [-0.2, -0.15) is 0 Å². The normalized spacial score (nSPS) is 18.4. The molecule has 0 aromatic heterocycles. The minimum absolute atomic E-state index is 0.447. The van der Waals surface area contributed by atoms with E-state index in [4.69, 9.17) is 0 Å². The molecular formula is C16H26N2. The van der Waals surface area contributed by atoms with Gasteiger partial charge in [-0.25, -0.2) is 0 Å². The SMILES string of the molecule is CC(NCC(C)C1CC1)c1ccc(N(C)C)cc1. The summed E-state index contributed by atoms with van der Waals surface area (Å²) in [5.74, 6) is 1.81. The molecule has 1 aliphatic carbocycles. The largest absolute Gasteiger partial charge is 0.378 e. The Morgan fingerprint density at radius 2 is 1.78 bits per heavy atom. The summed E-state index contributed by atoms with van der Waals surface area (Å²) in [6.45, 7) is 5.76. The summed E-state index contributed by atoms with van der Waals surface area (Å²) in [4.78, 5) is 2.14. The fraction of sp³-hybridized carbons (Fsp3) is 0.625. The molecule has 1 N–H and O–H groups in total. The summed E-state index contributed by atoms with van der Waals surface area (Å²) >= 11 is 0. The Bertz CT molecular complexity index is 365. The molecule has 0 radical (unpaired) electrons. The smallest absolute Gasteiger partial charge is 0.0361 e. The quantitative estimate of drug-likeness (QED) is 0.827. The number of nitrogens with zero attached hydrogens (tertiary/aromatic N) is 1. The van der Waals surface area contributed by atoms with Crippen LogP contribution in [0, 0.1) is 11.8 Å². The number of anilines is 1. The van der Waals surface area contributed by atoms with Crippen molar-refractivity contribution >= 4 is 5.69 Å². The Morgan fingerprint density at radius 3 is 2.28 bits per heavy atom. The van der Waals surface area contributed by atoms with Gasteiger partial charge >= 0.3 is 0 Å². The Hall–Kier alpha value is -1.02. The summed E-state index contributed by atoms with van der Waals surface area (Å²) in [5.41, 5.74) is 2.64. The fourth-order valence-electron chi connectivity index (χ4n) is 2.37. The Kier molecular flexibility index (Phi) is 4.28. The van der Waals surface area contributed by atoms with Gasteiger partial charge in [-0.3, -0.25) is 0 Å². The zero-order valence-corrected chi connectivity index (χ0v) is 12.1. The van der Waals surface area contributed by atoms with Crippen molar-refractivity contribution in [2.75, 3.05) is 25.5 Å². The van der Waals surface area contributed by atoms with E-state index in [9.17, 15) is 0 Å². The molecule has 2 nitrogen and oxygen atoms in total. The summed E-state index contributed by atoms with van der Waals surface area (Å²) in [7, 11) is 4.15. The van der Waals surface area contributed by atoms with Crippen molar-refractivity contribution < 1.29 is 0 Å². The van der Waals surface area contributed by atoms with E-state index >= 15 is 0 Å². The fourth-order valence-corrected chi connectivity index (χ4v) is 2.37. The number of hydrogen-bond donors (Lipinski definition) is 1. The van der Waals surface area contributed by atoms with Crippen LogP contribution in [0.4, 0.5) is 5.69 Å². The van der Waals surface area contributed by atoms with Crippen LogP contribution in [0.3, 0.4) is 0 Å². The molecule has 1 aromatic carbocycles. The van der Waals surface area contributed by atoms with E-state index in [0.29, 0.717) is 6.04 Å². The van der Waals surface area contributed by atoms with Crippen LogP contribution in [0.25, 0.3) is 0 Å². The summed E-state index contributed by atoms with van der Waals surface area (Å²) in [5, 5.41) is 3.66. The lowest BCUT2D eigenvalue weighted by Crippen LogP contribution is -2.25. The van der Waals surface area contributed by atoms with E-state index in [0.717, 1.165) is 18.4 Å². The highest BCUT2D eigenvalue weighted by molar-refractivity contribution is 5.46. The van der Waals surface area contributed by atoms with Gasteiger partial charge < -0.3 is 10.2 Å². The molecule has 2 rings (SSSR count). The van der Waals surface area contributed by atoms with E-state index in [1.807, 2.05) is 0 Å². The third-order valence-electron chi connectivity index (χ3n) is 4.08. The Labute approximate surface area is 111 Å². The molecule has 2 heteroatoms. The van der Waals surface area contributed by atoms with Crippen LogP contribution in [0.5, 0.6) is 0 Å². The molecule has 0 saturated heterocycles. The topological polar surface area (TPSA) is 15.3 Å². The molecule has 1 fully saturated rings. The molecule has 100 valence electrons. The van der Waals surface area contributed by atoms with Crippen molar-refractivity contribution in [3.8, 4) is 0 Å². The van der Waals surface area contributed by atoms with Gasteiger partial charge in [0.2, 0.25) is 0 Å². The number of nitrogens with one attached hydrogen (secondary N) is 1. The van der Waals surface area contributed by atoms with Crippen LogP contribution < -0.4 is 10.2 Å². The van der Waals surface area contributed by atoms with Crippen molar-refractivity contribution in [2.24, 2.45) is 11.8 Å². The maximum atomic E-state index is 3.66. The molecule has 1 aliphatic rings. The van der Waals surface area contributed by atoms with E-state index in [1.165, 1.54) is 24.1 Å². The second-order valence-electron chi connectivity index (χ2n) is 5.93. The Balaban J connectivity index is 1.85. The first-order valence-electron chi connectivity index (χ1n) is 7.08. The van der Waals surface area contributed by atoms with Gasteiger partial charge in [-0.1, -0.05) is 19.1 Å². The van der Waals surface area contributed by atoms with Crippen LogP contribution >= 0.6 is 0 Å². The zero-order chi connectivity index (χ0) is 13.1.